The van der Waals surface area contributed by atoms with E-state index in [4.69, 9.17) is 20.4 Å². The van der Waals surface area contributed by atoms with Crippen LogP contribution in [0, 0.1) is 6.92 Å². The zero-order valence-electron chi connectivity index (χ0n) is 15.2. The van der Waals surface area contributed by atoms with Crippen LogP contribution in [0.25, 0.3) is 10.9 Å². The average Bonchev–Trinajstić information content (AvgIpc) is 2.65. The molecule has 0 unspecified atom stereocenters. The van der Waals surface area contributed by atoms with Gasteiger partial charge in [0.1, 0.15) is 12.4 Å². The number of hydrogen-bond donors (Lipinski definition) is 2. The zero-order chi connectivity index (χ0) is 21.6. The largest absolute Gasteiger partial charge is 0.490 e. The maximum absolute atomic E-state index is 11.4. The Kier molecular flexibility index (Phi) is 6.76. The number of halogens is 3. The normalized spacial score (nSPS) is 10.8. The van der Waals surface area contributed by atoms with E-state index in [1.54, 1.807) is 18.2 Å². The molecule has 0 saturated heterocycles. The SMILES string of the molecule is Cc1cc(COc2ccccc2C(N)=O)c2ccccc2n1.O=C(O)C(F)(F)F. The maximum Gasteiger partial charge on any atom is 0.490 e. The number of carbonyl (C=O) groups excluding carboxylic acids is 1. The van der Waals surface area contributed by atoms with Gasteiger partial charge in [-0.1, -0.05) is 30.3 Å². The van der Waals surface area contributed by atoms with Gasteiger partial charge in [0.25, 0.3) is 5.91 Å². The predicted molar refractivity (Wildman–Crippen MR) is 99.5 cm³/mol. The quantitative estimate of drug-likeness (QED) is 0.685. The van der Waals surface area contributed by atoms with Crippen molar-refractivity contribution in [2.45, 2.75) is 19.7 Å². The number of hydrogen-bond acceptors (Lipinski definition) is 4. The number of nitrogens with zero attached hydrogens (tertiary/aromatic N) is 1. The van der Waals surface area contributed by atoms with Crippen molar-refractivity contribution in [2.75, 3.05) is 0 Å². The summed E-state index contributed by atoms with van der Waals surface area (Å²) in [6.07, 6.45) is -5.08. The third-order valence-electron chi connectivity index (χ3n) is 3.71. The molecule has 1 amide bonds. The van der Waals surface area contributed by atoms with Gasteiger partial charge in [-0.15, -0.1) is 0 Å². The van der Waals surface area contributed by atoms with Crippen LogP contribution in [-0.2, 0) is 11.4 Å². The van der Waals surface area contributed by atoms with E-state index in [0.717, 1.165) is 22.2 Å². The molecule has 0 aliphatic heterocycles. The summed E-state index contributed by atoms with van der Waals surface area (Å²) >= 11 is 0. The number of aliphatic carboxylic acids is 1. The van der Waals surface area contributed by atoms with Crippen molar-refractivity contribution in [3.63, 3.8) is 0 Å². The molecule has 152 valence electrons. The summed E-state index contributed by atoms with van der Waals surface area (Å²) in [5.41, 5.74) is 8.65. The number of pyridine rings is 1. The molecule has 0 fully saturated rings. The lowest BCUT2D eigenvalue weighted by atomic mass is 10.1. The molecule has 0 bridgehead atoms. The number of fused-ring (bicyclic) bond motifs is 1. The monoisotopic (exact) mass is 406 g/mol. The number of ether oxygens (including phenoxy) is 1. The summed E-state index contributed by atoms with van der Waals surface area (Å²) in [7, 11) is 0. The number of nitrogens with two attached hydrogens (primary N) is 1. The van der Waals surface area contributed by atoms with Crippen molar-refractivity contribution >= 4 is 22.8 Å². The molecule has 2 aromatic carbocycles. The minimum Gasteiger partial charge on any atom is -0.488 e. The number of rotatable bonds is 4. The second-order valence-corrected chi connectivity index (χ2v) is 5.89. The minimum atomic E-state index is -5.08. The van der Waals surface area contributed by atoms with Crippen LogP contribution < -0.4 is 10.5 Å². The average molecular weight is 406 g/mol. The van der Waals surface area contributed by atoms with Gasteiger partial charge in [0, 0.05) is 16.6 Å². The Hall–Kier alpha value is -3.62. The second-order valence-electron chi connectivity index (χ2n) is 5.89. The first kappa shape index (κ1) is 21.7. The first-order valence-corrected chi connectivity index (χ1v) is 8.26. The smallest absolute Gasteiger partial charge is 0.488 e. The molecule has 0 aliphatic carbocycles. The lowest BCUT2D eigenvalue weighted by Crippen LogP contribution is -2.21. The Morgan fingerprint density at radius 1 is 1.10 bits per heavy atom. The van der Waals surface area contributed by atoms with Gasteiger partial charge in [-0.3, -0.25) is 9.78 Å². The van der Waals surface area contributed by atoms with Crippen molar-refractivity contribution in [3.8, 4) is 5.75 Å². The number of para-hydroxylation sites is 2. The third kappa shape index (κ3) is 5.93. The van der Waals surface area contributed by atoms with Crippen molar-refractivity contribution in [3.05, 3.63) is 71.4 Å². The summed E-state index contributed by atoms with van der Waals surface area (Å²) in [6, 6.07) is 16.9. The first-order valence-electron chi connectivity index (χ1n) is 8.26. The molecule has 29 heavy (non-hydrogen) atoms. The molecule has 3 aromatic rings. The van der Waals surface area contributed by atoms with E-state index in [-0.39, 0.29) is 0 Å². The fourth-order valence-corrected chi connectivity index (χ4v) is 2.47. The summed E-state index contributed by atoms with van der Waals surface area (Å²) in [5, 5.41) is 8.17. The summed E-state index contributed by atoms with van der Waals surface area (Å²) in [4.78, 5) is 24.8. The molecule has 1 aromatic heterocycles. The van der Waals surface area contributed by atoms with Crippen LogP contribution >= 0.6 is 0 Å². The molecule has 3 rings (SSSR count). The number of carboxylic acids is 1. The van der Waals surface area contributed by atoms with E-state index in [9.17, 15) is 18.0 Å². The molecular formula is C20H17F3N2O4. The van der Waals surface area contributed by atoms with Crippen molar-refractivity contribution in [2.24, 2.45) is 5.73 Å². The van der Waals surface area contributed by atoms with E-state index in [0.29, 0.717) is 17.9 Å². The van der Waals surface area contributed by atoms with E-state index >= 15 is 0 Å². The van der Waals surface area contributed by atoms with Crippen LogP contribution in [0.1, 0.15) is 21.6 Å². The van der Waals surface area contributed by atoms with Gasteiger partial charge in [0.05, 0.1) is 11.1 Å². The van der Waals surface area contributed by atoms with Gasteiger partial charge in [-0.05, 0) is 31.2 Å². The molecule has 9 heteroatoms. The predicted octanol–water partition coefficient (Wildman–Crippen LogP) is 3.85. The standard InChI is InChI=1S/C18H16N2O2.C2HF3O2/c1-12-10-13(14-6-2-4-8-16(14)20-12)11-22-17-9-5-3-7-15(17)18(19)21;3-2(4,5)1(6)7/h2-10H,11H2,1H3,(H2,19,21);(H,6,7). The maximum atomic E-state index is 11.4. The Balaban J connectivity index is 0.000000370. The lowest BCUT2D eigenvalue weighted by molar-refractivity contribution is -0.192. The molecular weight excluding hydrogens is 389 g/mol. The molecule has 3 N–H and O–H groups in total. The molecule has 0 saturated carbocycles. The molecule has 1 heterocycles. The summed E-state index contributed by atoms with van der Waals surface area (Å²) in [6.45, 7) is 2.31. The Morgan fingerprint density at radius 3 is 2.31 bits per heavy atom. The Labute approximate surface area is 163 Å². The number of carboxylic acid groups (broad SMARTS) is 1. The van der Waals surface area contributed by atoms with Crippen molar-refractivity contribution < 1.29 is 32.6 Å². The number of alkyl halides is 3. The number of primary amides is 1. The van der Waals surface area contributed by atoms with Crippen LogP contribution in [0.3, 0.4) is 0 Å². The van der Waals surface area contributed by atoms with Gasteiger partial charge >= 0.3 is 12.1 Å². The van der Waals surface area contributed by atoms with E-state index in [2.05, 4.69) is 4.98 Å². The molecule has 0 atom stereocenters. The topological polar surface area (TPSA) is 103 Å². The third-order valence-corrected chi connectivity index (χ3v) is 3.71. The molecule has 0 spiro atoms. The van der Waals surface area contributed by atoms with Gasteiger partial charge < -0.3 is 15.6 Å². The Bertz CT molecular complexity index is 1040. The highest BCUT2D eigenvalue weighted by molar-refractivity contribution is 5.95. The number of amides is 1. The van der Waals surface area contributed by atoms with Crippen molar-refractivity contribution in [1.29, 1.82) is 0 Å². The Morgan fingerprint density at radius 2 is 1.69 bits per heavy atom. The van der Waals surface area contributed by atoms with E-state index in [1.165, 1.54) is 0 Å². The van der Waals surface area contributed by atoms with Gasteiger partial charge in [-0.2, -0.15) is 13.2 Å². The second kappa shape index (κ2) is 9.05. The van der Waals surface area contributed by atoms with Crippen molar-refractivity contribution in [1.82, 2.24) is 4.98 Å². The summed E-state index contributed by atoms with van der Waals surface area (Å²) < 4.78 is 37.6. The van der Waals surface area contributed by atoms with E-state index < -0.39 is 18.1 Å². The van der Waals surface area contributed by atoms with Crippen LogP contribution in [-0.4, -0.2) is 28.1 Å². The van der Waals surface area contributed by atoms with Gasteiger partial charge in [0.15, 0.2) is 0 Å². The highest BCUT2D eigenvalue weighted by atomic mass is 19.4. The zero-order valence-corrected chi connectivity index (χ0v) is 15.2. The molecule has 0 aliphatic rings. The minimum absolute atomic E-state index is 0.355. The number of benzene rings is 2. The summed E-state index contributed by atoms with van der Waals surface area (Å²) in [5.74, 6) is -2.76. The fourth-order valence-electron chi connectivity index (χ4n) is 2.47. The van der Waals surface area contributed by atoms with Crippen LogP contribution in [0.4, 0.5) is 13.2 Å². The van der Waals surface area contributed by atoms with Gasteiger partial charge in [0.2, 0.25) is 0 Å². The number of aryl methyl sites for hydroxylation is 1. The van der Waals surface area contributed by atoms with Crippen LogP contribution in [0.2, 0.25) is 0 Å². The van der Waals surface area contributed by atoms with Crippen LogP contribution in [0.15, 0.2) is 54.6 Å². The first-order chi connectivity index (χ1) is 13.6. The highest BCUT2D eigenvalue weighted by Crippen LogP contribution is 2.22. The molecule has 0 radical (unpaired) electrons. The number of aromatic nitrogens is 1. The van der Waals surface area contributed by atoms with E-state index in [1.807, 2.05) is 43.3 Å². The fraction of sp³-hybridized carbons (Fsp3) is 0.150. The highest BCUT2D eigenvalue weighted by Gasteiger charge is 2.38. The lowest BCUT2D eigenvalue weighted by Gasteiger charge is -2.12. The molecule has 6 nitrogen and oxygen atoms in total. The van der Waals surface area contributed by atoms with Gasteiger partial charge in [-0.25, -0.2) is 4.79 Å². The number of carbonyl (C=O) groups is 2. The van der Waals surface area contributed by atoms with Crippen LogP contribution in [0.5, 0.6) is 5.75 Å².